The van der Waals surface area contributed by atoms with Crippen LogP contribution in [-0.2, 0) is 13.0 Å². The minimum atomic E-state index is 0. The van der Waals surface area contributed by atoms with E-state index in [2.05, 4.69) is 47.8 Å². The van der Waals surface area contributed by atoms with Crippen molar-refractivity contribution in [3.63, 3.8) is 0 Å². The number of ether oxygens (including phenoxy) is 1. The Morgan fingerprint density at radius 2 is 1.60 bits per heavy atom. The van der Waals surface area contributed by atoms with Gasteiger partial charge in [-0.3, -0.25) is 0 Å². The first-order valence-electron chi connectivity index (χ1n) is 6.85. The summed E-state index contributed by atoms with van der Waals surface area (Å²) >= 11 is 0. The zero-order valence-electron chi connectivity index (χ0n) is 11.8. The Morgan fingerprint density at radius 3 is 2.25 bits per heavy atom. The van der Waals surface area contributed by atoms with Crippen molar-refractivity contribution in [2.75, 3.05) is 13.2 Å². The van der Waals surface area contributed by atoms with Crippen molar-refractivity contribution in [2.24, 2.45) is 0 Å². The Kier molecular flexibility index (Phi) is 7.78. The molecular formula is C17H22ClNO. The molecule has 0 unspecified atom stereocenters. The van der Waals surface area contributed by atoms with E-state index in [1.807, 2.05) is 19.1 Å². The number of rotatable bonds is 7. The third kappa shape index (κ3) is 5.64. The van der Waals surface area contributed by atoms with Crippen molar-refractivity contribution >= 4 is 12.4 Å². The zero-order valence-corrected chi connectivity index (χ0v) is 12.7. The van der Waals surface area contributed by atoms with E-state index < -0.39 is 0 Å². The summed E-state index contributed by atoms with van der Waals surface area (Å²) in [6.07, 6.45) is 1.07. The fourth-order valence-electron chi connectivity index (χ4n) is 1.98. The van der Waals surface area contributed by atoms with Crippen molar-refractivity contribution < 1.29 is 4.74 Å². The second-order valence-corrected chi connectivity index (χ2v) is 4.49. The van der Waals surface area contributed by atoms with Gasteiger partial charge >= 0.3 is 0 Å². The Balaban J connectivity index is 0.00000200. The minimum Gasteiger partial charge on any atom is -0.494 e. The predicted octanol–water partition coefficient (Wildman–Crippen LogP) is 3.84. The molecule has 0 aliphatic heterocycles. The highest BCUT2D eigenvalue weighted by Gasteiger charge is 1.95. The monoisotopic (exact) mass is 291 g/mol. The lowest BCUT2D eigenvalue weighted by atomic mass is 10.1. The summed E-state index contributed by atoms with van der Waals surface area (Å²) in [7, 11) is 0. The normalized spacial score (nSPS) is 9.85. The molecule has 0 spiro atoms. The molecule has 0 saturated heterocycles. The highest BCUT2D eigenvalue weighted by atomic mass is 35.5. The van der Waals surface area contributed by atoms with E-state index >= 15 is 0 Å². The van der Waals surface area contributed by atoms with Gasteiger partial charge in [-0.1, -0.05) is 42.5 Å². The van der Waals surface area contributed by atoms with Crippen molar-refractivity contribution in [3.8, 4) is 5.75 Å². The lowest BCUT2D eigenvalue weighted by Crippen LogP contribution is -2.16. The average molecular weight is 292 g/mol. The summed E-state index contributed by atoms with van der Waals surface area (Å²) in [5, 5.41) is 3.46. The molecule has 0 radical (unpaired) electrons. The van der Waals surface area contributed by atoms with Crippen LogP contribution in [0, 0.1) is 0 Å². The number of halogens is 1. The van der Waals surface area contributed by atoms with Crippen LogP contribution < -0.4 is 10.1 Å². The van der Waals surface area contributed by atoms with Gasteiger partial charge in [0.05, 0.1) is 6.61 Å². The number of hydrogen-bond acceptors (Lipinski definition) is 2. The molecule has 0 aromatic heterocycles. The molecule has 0 fully saturated rings. The van der Waals surface area contributed by atoms with Crippen molar-refractivity contribution in [1.82, 2.24) is 5.32 Å². The summed E-state index contributed by atoms with van der Waals surface area (Å²) in [5.74, 6) is 0.940. The van der Waals surface area contributed by atoms with E-state index in [-0.39, 0.29) is 12.4 Å². The maximum Gasteiger partial charge on any atom is 0.119 e. The summed E-state index contributed by atoms with van der Waals surface area (Å²) in [4.78, 5) is 0. The molecule has 3 heteroatoms. The maximum absolute atomic E-state index is 5.42. The van der Waals surface area contributed by atoms with Crippen LogP contribution in [0.25, 0.3) is 0 Å². The van der Waals surface area contributed by atoms with Gasteiger partial charge in [-0.15, -0.1) is 12.4 Å². The Labute approximate surface area is 127 Å². The van der Waals surface area contributed by atoms with Gasteiger partial charge in [0.1, 0.15) is 5.75 Å². The van der Waals surface area contributed by atoms with Gasteiger partial charge in [0, 0.05) is 6.54 Å². The molecule has 0 aliphatic carbocycles. The zero-order chi connectivity index (χ0) is 13.3. The van der Waals surface area contributed by atoms with Crippen LogP contribution >= 0.6 is 12.4 Å². The number of benzene rings is 2. The average Bonchev–Trinajstić information content (AvgIpc) is 2.47. The van der Waals surface area contributed by atoms with E-state index in [1.54, 1.807) is 0 Å². The van der Waals surface area contributed by atoms with Crippen LogP contribution in [0.2, 0.25) is 0 Å². The Hall–Kier alpha value is -1.51. The van der Waals surface area contributed by atoms with Gasteiger partial charge in [0.15, 0.2) is 0 Å². The quantitative estimate of drug-likeness (QED) is 0.783. The molecule has 1 N–H and O–H groups in total. The standard InChI is InChI=1S/C17H21NO.ClH/c1-2-19-17-10-8-16(9-11-17)14-18-13-12-15-6-4-3-5-7-15;/h3-11,18H,2,12-14H2,1H3;1H. The van der Waals surface area contributed by atoms with Crippen molar-refractivity contribution in [3.05, 3.63) is 65.7 Å². The highest BCUT2D eigenvalue weighted by molar-refractivity contribution is 5.85. The molecule has 0 aliphatic rings. The van der Waals surface area contributed by atoms with Crippen LogP contribution in [0.5, 0.6) is 5.75 Å². The summed E-state index contributed by atoms with van der Waals surface area (Å²) in [6.45, 7) is 4.62. The van der Waals surface area contributed by atoms with Crippen molar-refractivity contribution in [1.29, 1.82) is 0 Å². The minimum absolute atomic E-state index is 0. The third-order valence-corrected chi connectivity index (χ3v) is 3.00. The molecule has 0 amide bonds. The fourth-order valence-corrected chi connectivity index (χ4v) is 1.98. The first-order chi connectivity index (χ1) is 9.38. The number of nitrogens with one attached hydrogen (secondary N) is 1. The number of hydrogen-bond donors (Lipinski definition) is 1. The molecule has 2 aromatic carbocycles. The first kappa shape index (κ1) is 16.5. The predicted molar refractivity (Wildman–Crippen MR) is 86.7 cm³/mol. The summed E-state index contributed by atoms with van der Waals surface area (Å²) in [6, 6.07) is 18.8. The second-order valence-electron chi connectivity index (χ2n) is 4.49. The Morgan fingerprint density at radius 1 is 0.900 bits per heavy atom. The van der Waals surface area contributed by atoms with Crippen LogP contribution in [-0.4, -0.2) is 13.2 Å². The molecule has 2 aromatic rings. The smallest absolute Gasteiger partial charge is 0.119 e. The molecule has 108 valence electrons. The van der Waals surface area contributed by atoms with Gasteiger partial charge < -0.3 is 10.1 Å². The van der Waals surface area contributed by atoms with Gasteiger partial charge in [0.25, 0.3) is 0 Å². The molecule has 0 atom stereocenters. The summed E-state index contributed by atoms with van der Waals surface area (Å²) in [5.41, 5.74) is 2.67. The van der Waals surface area contributed by atoms with Gasteiger partial charge in [-0.05, 0) is 43.1 Å². The van der Waals surface area contributed by atoms with Crippen molar-refractivity contribution in [2.45, 2.75) is 19.9 Å². The fraction of sp³-hybridized carbons (Fsp3) is 0.294. The molecule has 0 saturated carbocycles. The van der Waals surface area contributed by atoms with E-state index in [1.165, 1.54) is 11.1 Å². The Bertz CT molecular complexity index is 470. The highest BCUT2D eigenvalue weighted by Crippen LogP contribution is 2.11. The maximum atomic E-state index is 5.42. The van der Waals surface area contributed by atoms with Crippen LogP contribution in [0.4, 0.5) is 0 Å². The molecule has 20 heavy (non-hydrogen) atoms. The largest absolute Gasteiger partial charge is 0.494 e. The lowest BCUT2D eigenvalue weighted by Gasteiger charge is -2.07. The van der Waals surface area contributed by atoms with Gasteiger partial charge in [-0.2, -0.15) is 0 Å². The van der Waals surface area contributed by atoms with Crippen LogP contribution in [0.3, 0.4) is 0 Å². The molecule has 0 heterocycles. The lowest BCUT2D eigenvalue weighted by molar-refractivity contribution is 0.340. The van der Waals surface area contributed by atoms with Crippen LogP contribution in [0.1, 0.15) is 18.1 Å². The van der Waals surface area contributed by atoms with E-state index in [0.717, 1.165) is 25.3 Å². The summed E-state index contributed by atoms with van der Waals surface area (Å²) < 4.78 is 5.42. The van der Waals surface area contributed by atoms with Gasteiger partial charge in [-0.25, -0.2) is 0 Å². The van der Waals surface area contributed by atoms with E-state index in [9.17, 15) is 0 Å². The SMILES string of the molecule is CCOc1ccc(CNCCc2ccccc2)cc1.Cl. The topological polar surface area (TPSA) is 21.3 Å². The van der Waals surface area contributed by atoms with Crippen LogP contribution in [0.15, 0.2) is 54.6 Å². The molecule has 2 rings (SSSR count). The molecule has 2 nitrogen and oxygen atoms in total. The first-order valence-corrected chi connectivity index (χ1v) is 6.85. The molecule has 0 bridgehead atoms. The molecular weight excluding hydrogens is 270 g/mol. The third-order valence-electron chi connectivity index (χ3n) is 3.00. The second kappa shape index (κ2) is 9.40. The van der Waals surface area contributed by atoms with Gasteiger partial charge in [0.2, 0.25) is 0 Å². The van der Waals surface area contributed by atoms with E-state index in [0.29, 0.717) is 6.61 Å². The van der Waals surface area contributed by atoms with E-state index in [4.69, 9.17) is 4.74 Å².